The van der Waals surface area contributed by atoms with Gasteiger partial charge in [-0.15, -0.1) is 0 Å². The number of nitrogens with one attached hydrogen (secondary N) is 2. The van der Waals surface area contributed by atoms with Gasteiger partial charge in [0.1, 0.15) is 5.75 Å². The van der Waals surface area contributed by atoms with E-state index in [1.807, 2.05) is 0 Å². The van der Waals surface area contributed by atoms with Crippen molar-refractivity contribution in [3.05, 3.63) is 81.1 Å². The Morgan fingerprint density at radius 1 is 1.10 bits per heavy atom. The first kappa shape index (κ1) is 19.8. The Hall–Kier alpha value is -3.92. The number of nitro benzene ring substituents is 1. The first-order valence-corrected chi connectivity index (χ1v) is 8.51. The molecule has 3 rings (SSSR count). The molecule has 0 fully saturated rings. The van der Waals surface area contributed by atoms with Crippen LogP contribution in [0.5, 0.6) is 5.75 Å². The molecule has 3 aromatic rings. The zero-order valence-corrected chi connectivity index (χ0v) is 15.7. The standard InChI is InChI=1S/C18H14ClN5O5/c1-29-16-10-11(19)2-7-14(16)17(25)20-21-18(26)15-8-9-23(22-15)12-3-5-13(6-4-12)24(27)28/h2-10H,1H3,(H,20,25)(H,21,26). The predicted octanol–water partition coefficient (Wildman–Crippen LogP) is 2.52. The van der Waals surface area contributed by atoms with Crippen molar-refractivity contribution in [2.24, 2.45) is 0 Å². The molecule has 2 aromatic carbocycles. The zero-order chi connectivity index (χ0) is 21.0. The van der Waals surface area contributed by atoms with Gasteiger partial charge in [0.05, 0.1) is 23.3 Å². The summed E-state index contributed by atoms with van der Waals surface area (Å²) in [5, 5.41) is 15.2. The first-order chi connectivity index (χ1) is 13.9. The minimum atomic E-state index is -0.646. The Kier molecular flexibility index (Phi) is 5.74. The Bertz CT molecular complexity index is 1080. The van der Waals surface area contributed by atoms with E-state index in [0.29, 0.717) is 10.7 Å². The van der Waals surface area contributed by atoms with Gasteiger partial charge in [0.15, 0.2) is 5.69 Å². The fourth-order valence-corrected chi connectivity index (χ4v) is 2.58. The van der Waals surface area contributed by atoms with Crippen LogP contribution in [0.2, 0.25) is 5.02 Å². The minimum Gasteiger partial charge on any atom is -0.496 e. The van der Waals surface area contributed by atoms with E-state index in [-0.39, 0.29) is 22.7 Å². The lowest BCUT2D eigenvalue weighted by atomic mass is 10.2. The fraction of sp³-hybridized carbons (Fsp3) is 0.0556. The molecular weight excluding hydrogens is 402 g/mol. The molecule has 10 nitrogen and oxygen atoms in total. The van der Waals surface area contributed by atoms with Crippen LogP contribution in [0.1, 0.15) is 20.8 Å². The molecule has 0 radical (unpaired) electrons. The lowest BCUT2D eigenvalue weighted by Crippen LogP contribution is -2.42. The van der Waals surface area contributed by atoms with Gasteiger partial charge in [-0.1, -0.05) is 11.6 Å². The molecule has 2 amide bonds. The molecule has 0 spiro atoms. The number of aromatic nitrogens is 2. The second-order valence-electron chi connectivity index (χ2n) is 5.67. The van der Waals surface area contributed by atoms with Crippen LogP contribution in [0.25, 0.3) is 5.69 Å². The first-order valence-electron chi connectivity index (χ1n) is 8.14. The summed E-state index contributed by atoms with van der Waals surface area (Å²) in [5.74, 6) is -0.986. The van der Waals surface area contributed by atoms with Crippen molar-refractivity contribution < 1.29 is 19.2 Å². The molecule has 0 aliphatic rings. The van der Waals surface area contributed by atoms with Crippen LogP contribution < -0.4 is 15.6 Å². The molecule has 1 heterocycles. The van der Waals surface area contributed by atoms with Crippen LogP contribution >= 0.6 is 11.6 Å². The van der Waals surface area contributed by atoms with Crippen molar-refractivity contribution in [1.29, 1.82) is 0 Å². The van der Waals surface area contributed by atoms with Gasteiger partial charge < -0.3 is 4.74 Å². The van der Waals surface area contributed by atoms with Gasteiger partial charge in [-0.05, 0) is 36.4 Å². The normalized spacial score (nSPS) is 10.3. The number of halogens is 1. The summed E-state index contributed by atoms with van der Waals surface area (Å²) in [6.45, 7) is 0. The van der Waals surface area contributed by atoms with E-state index in [2.05, 4.69) is 16.0 Å². The summed E-state index contributed by atoms with van der Waals surface area (Å²) in [5.41, 5.74) is 5.23. The largest absolute Gasteiger partial charge is 0.496 e. The van der Waals surface area contributed by atoms with Gasteiger partial charge in [-0.3, -0.25) is 30.6 Å². The second kappa shape index (κ2) is 8.40. The third kappa shape index (κ3) is 4.50. The molecule has 2 N–H and O–H groups in total. The average Bonchev–Trinajstić information content (AvgIpc) is 3.22. The highest BCUT2D eigenvalue weighted by molar-refractivity contribution is 6.30. The number of rotatable bonds is 5. The molecule has 0 aliphatic carbocycles. The number of hydrogen-bond acceptors (Lipinski definition) is 6. The van der Waals surface area contributed by atoms with Crippen LogP contribution in [0.3, 0.4) is 0 Å². The smallest absolute Gasteiger partial charge is 0.290 e. The number of nitrogens with zero attached hydrogens (tertiary/aromatic N) is 3. The van der Waals surface area contributed by atoms with Crippen LogP contribution in [-0.4, -0.2) is 33.6 Å². The summed E-state index contributed by atoms with van der Waals surface area (Å²) in [7, 11) is 1.39. The molecule has 148 valence electrons. The van der Waals surface area contributed by atoms with Crippen molar-refractivity contribution in [1.82, 2.24) is 20.6 Å². The van der Waals surface area contributed by atoms with Crippen LogP contribution in [0.4, 0.5) is 5.69 Å². The highest BCUT2D eigenvalue weighted by atomic mass is 35.5. The molecule has 0 atom stereocenters. The molecule has 1 aromatic heterocycles. The quantitative estimate of drug-likeness (QED) is 0.486. The van der Waals surface area contributed by atoms with Gasteiger partial charge in [-0.25, -0.2) is 4.68 Å². The van der Waals surface area contributed by atoms with Crippen molar-refractivity contribution in [2.75, 3.05) is 7.11 Å². The molecule has 0 saturated heterocycles. The number of methoxy groups -OCH3 is 1. The third-order valence-electron chi connectivity index (χ3n) is 3.84. The van der Waals surface area contributed by atoms with E-state index in [1.165, 1.54) is 66.5 Å². The van der Waals surface area contributed by atoms with Crippen molar-refractivity contribution in [2.45, 2.75) is 0 Å². The Labute approximate surface area is 169 Å². The number of nitro groups is 1. The average molecular weight is 416 g/mol. The molecule has 29 heavy (non-hydrogen) atoms. The van der Waals surface area contributed by atoms with E-state index in [9.17, 15) is 19.7 Å². The summed E-state index contributed by atoms with van der Waals surface area (Å²) in [4.78, 5) is 34.7. The summed E-state index contributed by atoms with van der Waals surface area (Å²) in [6, 6.07) is 11.6. The van der Waals surface area contributed by atoms with E-state index < -0.39 is 16.7 Å². The van der Waals surface area contributed by atoms with Crippen LogP contribution in [0, 0.1) is 10.1 Å². The SMILES string of the molecule is COc1cc(Cl)ccc1C(=O)NNC(=O)c1ccn(-c2ccc([N+](=O)[O-])cc2)n1. The lowest BCUT2D eigenvalue weighted by Gasteiger charge is -2.10. The number of amides is 2. The van der Waals surface area contributed by atoms with E-state index in [4.69, 9.17) is 16.3 Å². The number of carbonyl (C=O) groups excluding carboxylic acids is 2. The number of hydrazine groups is 1. The number of hydrogen-bond donors (Lipinski definition) is 2. The number of ether oxygens (including phenoxy) is 1. The number of benzene rings is 2. The van der Waals surface area contributed by atoms with Gasteiger partial charge in [-0.2, -0.15) is 5.10 Å². The third-order valence-corrected chi connectivity index (χ3v) is 4.08. The van der Waals surface area contributed by atoms with Crippen molar-refractivity contribution in [3.63, 3.8) is 0 Å². The van der Waals surface area contributed by atoms with Gasteiger partial charge >= 0.3 is 0 Å². The molecule has 11 heteroatoms. The van der Waals surface area contributed by atoms with Gasteiger partial charge in [0.25, 0.3) is 17.5 Å². The van der Waals surface area contributed by atoms with Crippen molar-refractivity contribution in [3.8, 4) is 11.4 Å². The van der Waals surface area contributed by atoms with E-state index in [1.54, 1.807) is 0 Å². The Balaban J connectivity index is 1.66. The topological polar surface area (TPSA) is 128 Å². The summed E-state index contributed by atoms with van der Waals surface area (Å²) in [6.07, 6.45) is 1.51. The van der Waals surface area contributed by atoms with E-state index in [0.717, 1.165) is 0 Å². The van der Waals surface area contributed by atoms with Gasteiger partial charge in [0.2, 0.25) is 0 Å². The predicted molar refractivity (Wildman–Crippen MR) is 103 cm³/mol. The molecular formula is C18H14ClN5O5. The number of carbonyl (C=O) groups is 2. The van der Waals surface area contributed by atoms with Crippen LogP contribution in [0.15, 0.2) is 54.7 Å². The second-order valence-corrected chi connectivity index (χ2v) is 6.11. The Morgan fingerprint density at radius 2 is 1.79 bits per heavy atom. The maximum atomic E-state index is 12.3. The maximum Gasteiger partial charge on any atom is 0.290 e. The molecule has 0 unspecified atom stereocenters. The van der Waals surface area contributed by atoms with Crippen LogP contribution in [-0.2, 0) is 0 Å². The number of non-ortho nitro benzene ring substituents is 1. The molecule has 0 aliphatic heterocycles. The Morgan fingerprint density at radius 3 is 2.45 bits per heavy atom. The zero-order valence-electron chi connectivity index (χ0n) is 15.0. The highest BCUT2D eigenvalue weighted by Gasteiger charge is 2.16. The van der Waals surface area contributed by atoms with E-state index >= 15 is 0 Å². The molecule has 0 saturated carbocycles. The monoisotopic (exact) mass is 415 g/mol. The minimum absolute atomic E-state index is 0.0340. The fourth-order valence-electron chi connectivity index (χ4n) is 2.41. The van der Waals surface area contributed by atoms with Gasteiger partial charge in [0, 0.05) is 23.4 Å². The lowest BCUT2D eigenvalue weighted by molar-refractivity contribution is -0.384. The highest BCUT2D eigenvalue weighted by Crippen LogP contribution is 2.22. The summed E-state index contributed by atoms with van der Waals surface area (Å²) >= 11 is 5.86. The molecule has 0 bridgehead atoms. The maximum absolute atomic E-state index is 12.3. The summed E-state index contributed by atoms with van der Waals surface area (Å²) < 4.78 is 6.48. The van der Waals surface area contributed by atoms with Crippen molar-refractivity contribution >= 4 is 29.1 Å².